The average Bonchev–Trinajstić information content (AvgIpc) is 2.62. The second-order valence-corrected chi connectivity index (χ2v) is 7.49. The van der Waals surface area contributed by atoms with Crippen molar-refractivity contribution in [1.82, 2.24) is 10.2 Å². The molecule has 0 bridgehead atoms. The van der Waals surface area contributed by atoms with Gasteiger partial charge in [0.25, 0.3) is 0 Å². The molecule has 1 amide bonds. The Morgan fingerprint density at radius 3 is 2.47 bits per heavy atom. The van der Waals surface area contributed by atoms with Crippen molar-refractivity contribution in [2.24, 2.45) is 5.92 Å². The molecule has 1 aliphatic heterocycles. The molecule has 1 heterocycles. The van der Waals surface area contributed by atoms with E-state index < -0.39 is 10.8 Å². The van der Waals surface area contributed by atoms with Gasteiger partial charge < -0.3 is 4.90 Å². The fourth-order valence-electron chi connectivity index (χ4n) is 2.67. The van der Waals surface area contributed by atoms with Crippen molar-refractivity contribution in [3.05, 3.63) is 0 Å². The average molecular weight is 288 g/mol. The van der Waals surface area contributed by atoms with Crippen LogP contribution in [0.3, 0.4) is 0 Å². The highest BCUT2D eigenvalue weighted by Crippen LogP contribution is 2.22. The minimum atomic E-state index is -0.787. The van der Waals surface area contributed by atoms with Gasteiger partial charge in [-0.2, -0.15) is 0 Å². The van der Waals surface area contributed by atoms with Gasteiger partial charge in [0.15, 0.2) is 0 Å². The Bertz CT molecular complexity index is 333. The zero-order valence-corrected chi connectivity index (χ0v) is 13.6. The van der Waals surface area contributed by atoms with E-state index in [9.17, 15) is 9.00 Å². The molecule has 0 aromatic rings. The first kappa shape index (κ1) is 16.6. The highest BCUT2D eigenvalue weighted by atomic mass is 32.2. The predicted molar refractivity (Wildman–Crippen MR) is 80.3 cm³/mol. The zero-order valence-electron chi connectivity index (χ0n) is 12.8. The van der Waals surface area contributed by atoms with E-state index in [4.69, 9.17) is 0 Å². The molecule has 0 radical (unpaired) electrons. The molecule has 5 heteroatoms. The van der Waals surface area contributed by atoms with Gasteiger partial charge in [0, 0.05) is 28.9 Å². The lowest BCUT2D eigenvalue weighted by atomic mass is 10.0. The maximum absolute atomic E-state index is 12.5. The van der Waals surface area contributed by atoms with E-state index in [1.807, 2.05) is 4.90 Å². The number of hydrogen-bond acceptors (Lipinski definition) is 3. The van der Waals surface area contributed by atoms with Crippen LogP contribution in [0.15, 0.2) is 0 Å². The molecule has 1 fully saturated rings. The molecule has 4 nitrogen and oxygen atoms in total. The van der Waals surface area contributed by atoms with Gasteiger partial charge in [-0.1, -0.05) is 20.8 Å². The van der Waals surface area contributed by atoms with Crippen LogP contribution in [0, 0.1) is 5.92 Å². The number of hydrogen-bond donors (Lipinski definition) is 1. The smallest absolute Gasteiger partial charge is 0.241 e. The first-order valence-corrected chi connectivity index (χ1v) is 8.97. The molecular formula is C14H28N2O2S. The summed E-state index contributed by atoms with van der Waals surface area (Å²) < 4.78 is 11.2. The van der Waals surface area contributed by atoms with Crippen LogP contribution in [0.25, 0.3) is 0 Å². The molecule has 112 valence electrons. The maximum atomic E-state index is 12.5. The van der Waals surface area contributed by atoms with Crippen LogP contribution in [-0.2, 0) is 15.6 Å². The lowest BCUT2D eigenvalue weighted by molar-refractivity contribution is -0.132. The Hall–Kier alpha value is -0.420. The van der Waals surface area contributed by atoms with Crippen LogP contribution in [0.4, 0.5) is 0 Å². The summed E-state index contributed by atoms with van der Waals surface area (Å²) in [5, 5.41) is 3.44. The SMILES string of the molecule is CCC1NC(CC(C)C)C(=O)N1C(C)CCS(C)=O. The van der Waals surface area contributed by atoms with Crippen molar-refractivity contribution in [2.45, 2.75) is 65.2 Å². The highest BCUT2D eigenvalue weighted by Gasteiger charge is 2.40. The Morgan fingerprint density at radius 1 is 1.37 bits per heavy atom. The number of carbonyl (C=O) groups excluding carboxylic acids is 1. The minimum Gasteiger partial charge on any atom is -0.323 e. The van der Waals surface area contributed by atoms with Gasteiger partial charge >= 0.3 is 0 Å². The molecule has 4 atom stereocenters. The largest absolute Gasteiger partial charge is 0.323 e. The third-order valence-electron chi connectivity index (χ3n) is 3.67. The topological polar surface area (TPSA) is 49.4 Å². The molecule has 19 heavy (non-hydrogen) atoms. The third-order valence-corrected chi connectivity index (χ3v) is 4.48. The molecule has 1 saturated heterocycles. The molecule has 0 spiro atoms. The molecule has 1 N–H and O–H groups in total. The molecule has 0 aromatic carbocycles. The van der Waals surface area contributed by atoms with Crippen LogP contribution in [-0.4, -0.2) is 45.3 Å². The van der Waals surface area contributed by atoms with Gasteiger partial charge in [-0.25, -0.2) is 0 Å². The molecule has 0 saturated carbocycles. The van der Waals surface area contributed by atoms with Gasteiger partial charge in [-0.05, 0) is 32.1 Å². The van der Waals surface area contributed by atoms with Crippen molar-refractivity contribution in [2.75, 3.05) is 12.0 Å². The maximum Gasteiger partial charge on any atom is 0.241 e. The summed E-state index contributed by atoms with van der Waals surface area (Å²) in [4.78, 5) is 14.5. The predicted octanol–water partition coefficient (Wildman–Crippen LogP) is 1.73. The van der Waals surface area contributed by atoms with E-state index in [0.29, 0.717) is 11.7 Å². The highest BCUT2D eigenvalue weighted by molar-refractivity contribution is 7.84. The van der Waals surface area contributed by atoms with Crippen LogP contribution in [0.2, 0.25) is 0 Å². The van der Waals surface area contributed by atoms with Crippen molar-refractivity contribution >= 4 is 16.7 Å². The zero-order chi connectivity index (χ0) is 14.6. The van der Waals surface area contributed by atoms with E-state index in [0.717, 1.165) is 19.3 Å². The summed E-state index contributed by atoms with van der Waals surface area (Å²) in [5.41, 5.74) is 0. The number of nitrogens with zero attached hydrogens (tertiary/aromatic N) is 1. The standard InChI is InChI=1S/C14H28N2O2S/c1-6-13-15-12(9-10(2)3)14(17)16(13)11(4)7-8-19(5)18/h10-13,15H,6-9H2,1-5H3. The summed E-state index contributed by atoms with van der Waals surface area (Å²) in [7, 11) is -0.787. The first-order chi connectivity index (χ1) is 8.86. The number of nitrogens with one attached hydrogen (secondary N) is 1. The van der Waals surface area contributed by atoms with Crippen LogP contribution in [0.1, 0.15) is 47.0 Å². The Kier molecular flexibility index (Phi) is 6.47. The van der Waals surface area contributed by atoms with Crippen molar-refractivity contribution in [1.29, 1.82) is 0 Å². The van der Waals surface area contributed by atoms with E-state index in [-0.39, 0.29) is 24.2 Å². The fraction of sp³-hybridized carbons (Fsp3) is 0.929. The minimum absolute atomic E-state index is 0.0421. The molecule has 1 rings (SSSR count). The molecular weight excluding hydrogens is 260 g/mol. The van der Waals surface area contributed by atoms with Crippen LogP contribution >= 0.6 is 0 Å². The van der Waals surface area contributed by atoms with Gasteiger partial charge in [0.1, 0.15) is 0 Å². The van der Waals surface area contributed by atoms with E-state index in [1.165, 1.54) is 0 Å². The van der Waals surface area contributed by atoms with Gasteiger partial charge in [-0.15, -0.1) is 0 Å². The van der Waals surface area contributed by atoms with Crippen LogP contribution < -0.4 is 5.32 Å². The lowest BCUT2D eigenvalue weighted by Gasteiger charge is -2.29. The van der Waals surface area contributed by atoms with Gasteiger partial charge in [-0.3, -0.25) is 14.3 Å². The summed E-state index contributed by atoms with van der Waals surface area (Å²) in [6.07, 6.45) is 4.46. The number of amides is 1. The van der Waals surface area contributed by atoms with E-state index in [2.05, 4.69) is 33.0 Å². The molecule has 0 aromatic heterocycles. The molecule has 0 aliphatic carbocycles. The number of carbonyl (C=O) groups is 1. The number of rotatable bonds is 7. The quantitative estimate of drug-likeness (QED) is 0.776. The van der Waals surface area contributed by atoms with Crippen LogP contribution in [0.5, 0.6) is 0 Å². The Balaban J connectivity index is 2.68. The van der Waals surface area contributed by atoms with E-state index in [1.54, 1.807) is 6.26 Å². The Morgan fingerprint density at radius 2 is 2.00 bits per heavy atom. The third kappa shape index (κ3) is 4.56. The summed E-state index contributed by atoms with van der Waals surface area (Å²) in [5.74, 6) is 1.39. The van der Waals surface area contributed by atoms with Gasteiger partial charge in [0.05, 0.1) is 12.2 Å². The van der Waals surface area contributed by atoms with Crippen molar-refractivity contribution < 1.29 is 9.00 Å². The van der Waals surface area contributed by atoms with Crippen molar-refractivity contribution in [3.63, 3.8) is 0 Å². The fourth-order valence-corrected chi connectivity index (χ4v) is 3.35. The summed E-state index contributed by atoms with van der Waals surface area (Å²) in [6.45, 7) is 8.44. The Labute approximate surface area is 119 Å². The summed E-state index contributed by atoms with van der Waals surface area (Å²) in [6, 6.07) is 0.116. The van der Waals surface area contributed by atoms with Gasteiger partial charge in [0.2, 0.25) is 5.91 Å². The monoisotopic (exact) mass is 288 g/mol. The second-order valence-electron chi connectivity index (χ2n) is 5.93. The second kappa shape index (κ2) is 7.39. The van der Waals surface area contributed by atoms with E-state index >= 15 is 0 Å². The lowest BCUT2D eigenvalue weighted by Crippen LogP contribution is -2.43. The first-order valence-electron chi connectivity index (χ1n) is 7.25. The normalized spacial score (nSPS) is 27.1. The molecule has 1 aliphatic rings. The molecule has 4 unspecified atom stereocenters. The summed E-state index contributed by atoms with van der Waals surface area (Å²) >= 11 is 0. The van der Waals surface area contributed by atoms with Crippen molar-refractivity contribution in [3.8, 4) is 0 Å².